The Kier molecular flexibility index (Phi) is 5.48. The van der Waals surface area contributed by atoms with Crippen molar-refractivity contribution in [2.75, 3.05) is 18.1 Å². The Balaban J connectivity index is 1.82. The summed E-state index contributed by atoms with van der Waals surface area (Å²) in [4.78, 5) is 0. The summed E-state index contributed by atoms with van der Waals surface area (Å²) in [5, 5.41) is 7.19. The maximum Gasteiger partial charge on any atom is 0.118 e. The largest absolute Gasteiger partial charge is 0.497 e. The Morgan fingerprint density at radius 1 is 1.00 bits per heavy atom. The van der Waals surface area contributed by atoms with Gasteiger partial charge in [0.2, 0.25) is 0 Å². The van der Waals surface area contributed by atoms with Crippen LogP contribution in [0.4, 0.5) is 5.69 Å². The van der Waals surface area contributed by atoms with E-state index in [4.69, 9.17) is 44.8 Å². The van der Waals surface area contributed by atoms with Crippen LogP contribution in [0, 0.1) is 0 Å². The lowest BCUT2D eigenvalue weighted by atomic mass is 10.1. The number of hydrogen-bond acceptors (Lipinski definition) is 3. The normalized spacial score (nSPS) is 18.8. The van der Waals surface area contributed by atoms with Crippen LogP contribution in [0.5, 0.6) is 5.75 Å². The van der Waals surface area contributed by atoms with Crippen molar-refractivity contribution in [2.45, 2.75) is 0 Å². The van der Waals surface area contributed by atoms with Crippen molar-refractivity contribution in [1.29, 1.82) is 0 Å². The lowest BCUT2D eigenvalue weighted by molar-refractivity contribution is 0.415. The average molecular weight is 447 g/mol. The minimum atomic E-state index is -2.22. The molecule has 3 aromatic rings. The van der Waals surface area contributed by atoms with Crippen molar-refractivity contribution < 1.29 is 4.74 Å². The van der Waals surface area contributed by atoms with Gasteiger partial charge in [-0.3, -0.25) is 0 Å². The standard InChI is InChI=1S/C21H17Cl2N2OPS/c1-26-17-8-10-18(11-9-17)27(28)14-21(19-12-7-15(22)13-20(19)23)24-25(27)16-5-3-2-4-6-16/h2-13H,14H2,1H3. The molecule has 0 aromatic heterocycles. The van der Waals surface area contributed by atoms with Gasteiger partial charge in [0.1, 0.15) is 5.75 Å². The zero-order valence-electron chi connectivity index (χ0n) is 15.0. The number of halogens is 2. The van der Waals surface area contributed by atoms with Gasteiger partial charge in [0.15, 0.2) is 0 Å². The molecule has 1 aliphatic heterocycles. The van der Waals surface area contributed by atoms with Gasteiger partial charge in [-0.05, 0) is 48.5 Å². The van der Waals surface area contributed by atoms with Crippen LogP contribution in [0.15, 0.2) is 77.9 Å². The van der Waals surface area contributed by atoms with Gasteiger partial charge in [-0.2, -0.15) is 5.10 Å². The SMILES string of the molecule is COc1ccc(P2(=S)CC(c3ccc(Cl)cc3Cl)=NN2c2ccccc2)cc1. The lowest BCUT2D eigenvalue weighted by Crippen LogP contribution is -2.19. The van der Waals surface area contributed by atoms with Gasteiger partial charge in [0.05, 0.1) is 29.7 Å². The molecule has 0 fully saturated rings. The van der Waals surface area contributed by atoms with Gasteiger partial charge in [-0.15, -0.1) is 0 Å². The number of hydrazone groups is 1. The molecule has 0 amide bonds. The molecule has 142 valence electrons. The fourth-order valence-corrected chi connectivity index (χ4v) is 7.36. The van der Waals surface area contributed by atoms with E-state index < -0.39 is 6.19 Å². The molecule has 0 aliphatic carbocycles. The van der Waals surface area contributed by atoms with E-state index in [1.165, 1.54) is 0 Å². The Labute approximate surface area is 179 Å². The van der Waals surface area contributed by atoms with Gasteiger partial charge < -0.3 is 4.74 Å². The number of methoxy groups -OCH3 is 1. The molecule has 3 aromatic carbocycles. The highest BCUT2D eigenvalue weighted by atomic mass is 35.5. The summed E-state index contributed by atoms with van der Waals surface area (Å²) in [6, 6.07) is 23.5. The Morgan fingerprint density at radius 3 is 2.36 bits per heavy atom. The second-order valence-corrected chi connectivity index (χ2v) is 11.6. The number of anilines is 1. The minimum Gasteiger partial charge on any atom is -0.497 e. The van der Waals surface area contributed by atoms with Crippen molar-refractivity contribution in [2.24, 2.45) is 5.10 Å². The predicted molar refractivity (Wildman–Crippen MR) is 124 cm³/mol. The summed E-state index contributed by atoms with van der Waals surface area (Å²) < 4.78 is 7.30. The van der Waals surface area contributed by atoms with Crippen LogP contribution < -0.4 is 14.8 Å². The molecule has 0 saturated heterocycles. The second-order valence-electron chi connectivity index (χ2n) is 6.35. The first kappa shape index (κ1) is 19.5. The summed E-state index contributed by atoms with van der Waals surface area (Å²) in [7, 11) is 1.66. The first-order valence-electron chi connectivity index (χ1n) is 8.63. The zero-order valence-corrected chi connectivity index (χ0v) is 18.3. The van der Waals surface area contributed by atoms with Crippen molar-refractivity contribution in [3.05, 3.63) is 88.4 Å². The molecule has 0 N–H and O–H groups in total. The second kappa shape index (κ2) is 7.88. The highest BCUT2D eigenvalue weighted by molar-refractivity contribution is 8.19. The van der Waals surface area contributed by atoms with E-state index in [2.05, 4.69) is 0 Å². The molecule has 0 radical (unpaired) electrons. The molecule has 4 rings (SSSR count). The van der Waals surface area contributed by atoms with E-state index in [0.29, 0.717) is 16.2 Å². The fraction of sp³-hybridized carbons (Fsp3) is 0.0952. The summed E-state index contributed by atoms with van der Waals surface area (Å²) in [6.07, 6.45) is -1.58. The highest BCUT2D eigenvalue weighted by Gasteiger charge is 2.37. The third kappa shape index (κ3) is 3.58. The van der Waals surface area contributed by atoms with E-state index in [0.717, 1.165) is 28.0 Å². The molecule has 1 aliphatic rings. The fourth-order valence-electron chi connectivity index (χ4n) is 3.17. The first-order chi connectivity index (χ1) is 13.5. The molecule has 0 bridgehead atoms. The van der Waals surface area contributed by atoms with Crippen LogP contribution >= 0.6 is 29.4 Å². The van der Waals surface area contributed by atoms with E-state index >= 15 is 0 Å². The van der Waals surface area contributed by atoms with Gasteiger partial charge in [0, 0.05) is 22.1 Å². The van der Waals surface area contributed by atoms with Crippen molar-refractivity contribution in [1.82, 2.24) is 0 Å². The number of benzene rings is 3. The highest BCUT2D eigenvalue weighted by Crippen LogP contribution is 2.56. The maximum absolute atomic E-state index is 6.46. The zero-order chi connectivity index (χ0) is 19.7. The van der Waals surface area contributed by atoms with Crippen LogP contribution in [-0.2, 0) is 11.8 Å². The number of para-hydroxylation sites is 1. The maximum atomic E-state index is 6.46. The number of nitrogens with zero attached hydrogens (tertiary/aromatic N) is 2. The number of ether oxygens (including phenoxy) is 1. The van der Waals surface area contributed by atoms with E-state index in [9.17, 15) is 0 Å². The lowest BCUT2D eigenvalue weighted by Gasteiger charge is -2.28. The van der Waals surface area contributed by atoms with Crippen LogP contribution in [0.1, 0.15) is 5.56 Å². The van der Waals surface area contributed by atoms with Gasteiger partial charge in [-0.25, -0.2) is 4.78 Å². The quantitative estimate of drug-likeness (QED) is 0.463. The molecular formula is C21H17Cl2N2OPS. The third-order valence-electron chi connectivity index (χ3n) is 4.59. The number of hydrogen-bond donors (Lipinski definition) is 0. The summed E-state index contributed by atoms with van der Waals surface area (Å²) >= 11 is 18.8. The molecule has 7 heteroatoms. The monoisotopic (exact) mass is 446 g/mol. The Hall–Kier alpha value is -1.84. The van der Waals surface area contributed by atoms with Gasteiger partial charge in [0.25, 0.3) is 0 Å². The topological polar surface area (TPSA) is 24.8 Å². The molecule has 1 heterocycles. The van der Waals surface area contributed by atoms with Crippen molar-refractivity contribution in [3.63, 3.8) is 0 Å². The Morgan fingerprint density at radius 2 is 1.71 bits per heavy atom. The van der Waals surface area contributed by atoms with Crippen LogP contribution in [0.25, 0.3) is 0 Å². The average Bonchev–Trinajstić information content (AvgIpc) is 3.07. The van der Waals surface area contributed by atoms with Crippen LogP contribution in [0.3, 0.4) is 0 Å². The molecule has 0 spiro atoms. The summed E-state index contributed by atoms with van der Waals surface area (Å²) in [5.41, 5.74) is 2.72. The molecule has 1 atom stereocenters. The van der Waals surface area contributed by atoms with Crippen molar-refractivity contribution >= 4 is 57.9 Å². The van der Waals surface area contributed by atoms with E-state index in [1.807, 2.05) is 71.5 Å². The molecule has 1 unspecified atom stereocenters. The van der Waals surface area contributed by atoms with Crippen LogP contribution in [-0.4, -0.2) is 19.0 Å². The van der Waals surface area contributed by atoms with Gasteiger partial charge >= 0.3 is 0 Å². The first-order valence-corrected chi connectivity index (χ1v) is 12.3. The van der Waals surface area contributed by atoms with Crippen molar-refractivity contribution in [3.8, 4) is 5.75 Å². The predicted octanol–water partition coefficient (Wildman–Crippen LogP) is 5.95. The third-order valence-corrected chi connectivity index (χ3v) is 9.39. The number of rotatable bonds is 4. The van der Waals surface area contributed by atoms with E-state index in [-0.39, 0.29) is 0 Å². The summed E-state index contributed by atoms with van der Waals surface area (Å²) in [6.45, 7) is 0. The van der Waals surface area contributed by atoms with Gasteiger partial charge in [-0.1, -0.05) is 59.3 Å². The molecule has 28 heavy (non-hydrogen) atoms. The molecule has 0 saturated carbocycles. The molecular weight excluding hydrogens is 430 g/mol. The Bertz CT molecular complexity index is 1090. The van der Waals surface area contributed by atoms with Crippen LogP contribution in [0.2, 0.25) is 10.0 Å². The molecule has 3 nitrogen and oxygen atoms in total. The van der Waals surface area contributed by atoms with E-state index in [1.54, 1.807) is 13.2 Å². The minimum absolute atomic E-state index is 0.581. The smallest absolute Gasteiger partial charge is 0.118 e. The summed E-state index contributed by atoms with van der Waals surface area (Å²) in [5.74, 6) is 0.803.